The summed E-state index contributed by atoms with van der Waals surface area (Å²) >= 11 is 0. The zero-order valence-corrected chi connectivity index (χ0v) is 16.9. The highest BCUT2D eigenvalue weighted by Gasteiger charge is 2.09. The summed E-state index contributed by atoms with van der Waals surface area (Å²) in [6.07, 6.45) is 3.27. The largest absolute Gasteiger partial charge is 0.493 e. The van der Waals surface area contributed by atoms with E-state index in [0.29, 0.717) is 30.2 Å². The van der Waals surface area contributed by atoms with Crippen molar-refractivity contribution in [3.63, 3.8) is 0 Å². The summed E-state index contributed by atoms with van der Waals surface area (Å²) in [5.74, 6) is 1.09. The molecule has 0 saturated carbocycles. The summed E-state index contributed by atoms with van der Waals surface area (Å²) in [6.45, 7) is 3.11. The Morgan fingerprint density at radius 3 is 2.48 bits per heavy atom. The Hall–Kier alpha value is -3.54. The lowest BCUT2D eigenvalue weighted by atomic mass is 10.1. The van der Waals surface area contributed by atoms with Crippen LogP contribution in [0.15, 0.2) is 60.9 Å². The van der Waals surface area contributed by atoms with E-state index < -0.39 is 0 Å². The number of ether oxygens (including phenoxy) is 2. The lowest BCUT2D eigenvalue weighted by Crippen LogP contribution is -2.23. The first-order valence-corrected chi connectivity index (χ1v) is 9.32. The summed E-state index contributed by atoms with van der Waals surface area (Å²) < 4.78 is 10.5. The molecule has 0 saturated heterocycles. The Kier molecular flexibility index (Phi) is 6.68. The highest BCUT2D eigenvalue weighted by atomic mass is 16.5. The van der Waals surface area contributed by atoms with Crippen LogP contribution < -0.4 is 20.1 Å². The van der Waals surface area contributed by atoms with Crippen LogP contribution in [-0.4, -0.2) is 25.1 Å². The Morgan fingerprint density at radius 1 is 0.931 bits per heavy atom. The molecular formula is C23H25N3O3. The van der Waals surface area contributed by atoms with Crippen molar-refractivity contribution in [3.05, 3.63) is 83.2 Å². The number of rotatable bonds is 8. The molecule has 6 nitrogen and oxygen atoms in total. The van der Waals surface area contributed by atoms with Gasteiger partial charge in [0.15, 0.2) is 11.5 Å². The number of aromatic nitrogens is 1. The van der Waals surface area contributed by atoms with Crippen molar-refractivity contribution in [3.8, 4) is 11.5 Å². The fourth-order valence-corrected chi connectivity index (χ4v) is 2.96. The molecule has 2 aromatic carbocycles. The third kappa shape index (κ3) is 5.48. The fourth-order valence-electron chi connectivity index (χ4n) is 2.96. The minimum absolute atomic E-state index is 0.188. The van der Waals surface area contributed by atoms with E-state index >= 15 is 0 Å². The normalized spacial score (nSPS) is 10.3. The number of benzene rings is 2. The van der Waals surface area contributed by atoms with Crippen LogP contribution in [0.5, 0.6) is 11.5 Å². The second kappa shape index (κ2) is 9.59. The third-order valence-corrected chi connectivity index (χ3v) is 4.48. The number of hydrogen-bond acceptors (Lipinski definition) is 5. The van der Waals surface area contributed by atoms with Gasteiger partial charge in [-0.2, -0.15) is 0 Å². The molecular weight excluding hydrogens is 366 g/mol. The Labute approximate surface area is 170 Å². The Bertz CT molecular complexity index is 989. The molecule has 1 amide bonds. The molecule has 1 aromatic heterocycles. The highest BCUT2D eigenvalue weighted by Crippen LogP contribution is 2.27. The van der Waals surface area contributed by atoms with Gasteiger partial charge >= 0.3 is 0 Å². The van der Waals surface area contributed by atoms with E-state index in [0.717, 1.165) is 11.3 Å². The molecule has 29 heavy (non-hydrogen) atoms. The molecule has 3 aromatic rings. The van der Waals surface area contributed by atoms with Gasteiger partial charge in [0.25, 0.3) is 5.91 Å². The highest BCUT2D eigenvalue weighted by molar-refractivity contribution is 5.94. The molecule has 0 spiro atoms. The SMILES string of the molecule is COc1ccc(CNC(=O)c2cncc(NCc3cccc(C)c3)c2)cc1OC. The van der Waals surface area contributed by atoms with Gasteiger partial charge in [0, 0.05) is 25.5 Å². The molecule has 6 heteroatoms. The maximum Gasteiger partial charge on any atom is 0.253 e. The zero-order valence-electron chi connectivity index (χ0n) is 16.9. The molecule has 0 bridgehead atoms. The Balaban J connectivity index is 1.60. The summed E-state index contributed by atoms with van der Waals surface area (Å²) in [5, 5.41) is 6.22. The monoisotopic (exact) mass is 391 g/mol. The third-order valence-electron chi connectivity index (χ3n) is 4.48. The van der Waals surface area contributed by atoms with Crippen LogP contribution in [0.1, 0.15) is 27.0 Å². The van der Waals surface area contributed by atoms with Gasteiger partial charge in [-0.3, -0.25) is 9.78 Å². The number of nitrogens with zero attached hydrogens (tertiary/aromatic N) is 1. The van der Waals surface area contributed by atoms with Gasteiger partial charge in [-0.1, -0.05) is 35.9 Å². The lowest BCUT2D eigenvalue weighted by Gasteiger charge is -2.11. The number of hydrogen-bond donors (Lipinski definition) is 2. The molecule has 2 N–H and O–H groups in total. The van der Waals surface area contributed by atoms with E-state index in [1.807, 2.05) is 24.3 Å². The zero-order chi connectivity index (χ0) is 20.6. The van der Waals surface area contributed by atoms with E-state index in [2.05, 4.69) is 40.7 Å². The number of aryl methyl sites for hydroxylation is 1. The first kappa shape index (κ1) is 20.2. The number of nitrogens with one attached hydrogen (secondary N) is 2. The first-order valence-electron chi connectivity index (χ1n) is 9.32. The van der Waals surface area contributed by atoms with Gasteiger partial charge in [-0.25, -0.2) is 0 Å². The second-order valence-corrected chi connectivity index (χ2v) is 6.68. The maximum atomic E-state index is 12.5. The summed E-state index contributed by atoms with van der Waals surface area (Å²) in [7, 11) is 3.17. The average molecular weight is 391 g/mol. The van der Waals surface area contributed by atoms with E-state index in [-0.39, 0.29) is 5.91 Å². The number of pyridine rings is 1. The van der Waals surface area contributed by atoms with E-state index in [9.17, 15) is 4.79 Å². The quantitative estimate of drug-likeness (QED) is 0.608. The molecule has 3 rings (SSSR count). The van der Waals surface area contributed by atoms with Crippen molar-refractivity contribution in [1.82, 2.24) is 10.3 Å². The molecule has 0 unspecified atom stereocenters. The summed E-state index contributed by atoms with van der Waals surface area (Å²) in [4.78, 5) is 16.7. The van der Waals surface area contributed by atoms with Crippen molar-refractivity contribution >= 4 is 11.6 Å². The molecule has 0 aliphatic heterocycles. The topological polar surface area (TPSA) is 72.5 Å². The average Bonchev–Trinajstić information content (AvgIpc) is 2.76. The molecule has 0 aliphatic rings. The number of anilines is 1. The minimum atomic E-state index is -0.188. The van der Waals surface area contributed by atoms with Crippen molar-refractivity contribution < 1.29 is 14.3 Å². The summed E-state index contributed by atoms with van der Waals surface area (Å²) in [6, 6.07) is 15.6. The Morgan fingerprint density at radius 2 is 1.72 bits per heavy atom. The first-order chi connectivity index (χ1) is 14.1. The molecule has 150 valence electrons. The van der Waals surface area contributed by atoms with Crippen LogP contribution >= 0.6 is 0 Å². The maximum absolute atomic E-state index is 12.5. The molecule has 0 aliphatic carbocycles. The second-order valence-electron chi connectivity index (χ2n) is 6.68. The fraction of sp³-hybridized carbons (Fsp3) is 0.217. The predicted molar refractivity (Wildman–Crippen MR) is 113 cm³/mol. The summed E-state index contributed by atoms with van der Waals surface area (Å²) in [5.41, 5.74) is 4.60. The van der Waals surface area contributed by atoms with Crippen LogP contribution in [0.2, 0.25) is 0 Å². The molecule has 0 atom stereocenters. The predicted octanol–water partition coefficient (Wildman–Crippen LogP) is 3.95. The number of carbonyl (C=O) groups is 1. The van der Waals surface area contributed by atoms with Gasteiger partial charge in [-0.05, 0) is 36.2 Å². The number of amides is 1. The molecule has 1 heterocycles. The van der Waals surface area contributed by atoms with E-state index in [1.165, 1.54) is 11.1 Å². The molecule has 0 radical (unpaired) electrons. The van der Waals surface area contributed by atoms with Gasteiger partial charge in [0.1, 0.15) is 0 Å². The van der Waals surface area contributed by atoms with Gasteiger partial charge in [-0.15, -0.1) is 0 Å². The van der Waals surface area contributed by atoms with Crippen LogP contribution in [0.4, 0.5) is 5.69 Å². The lowest BCUT2D eigenvalue weighted by molar-refractivity contribution is 0.0950. The van der Waals surface area contributed by atoms with Crippen molar-refractivity contribution in [2.24, 2.45) is 0 Å². The van der Waals surface area contributed by atoms with Crippen molar-refractivity contribution in [1.29, 1.82) is 0 Å². The number of methoxy groups -OCH3 is 2. The van der Waals surface area contributed by atoms with Crippen LogP contribution in [0, 0.1) is 6.92 Å². The van der Waals surface area contributed by atoms with Gasteiger partial charge < -0.3 is 20.1 Å². The minimum Gasteiger partial charge on any atom is -0.493 e. The smallest absolute Gasteiger partial charge is 0.253 e. The van der Waals surface area contributed by atoms with Crippen LogP contribution in [-0.2, 0) is 13.1 Å². The van der Waals surface area contributed by atoms with Crippen LogP contribution in [0.25, 0.3) is 0 Å². The standard InChI is InChI=1S/C23H25N3O3/c1-16-5-4-6-17(9-16)12-25-20-11-19(14-24-15-20)23(27)26-13-18-7-8-21(28-2)22(10-18)29-3/h4-11,14-15,25H,12-13H2,1-3H3,(H,26,27). The van der Waals surface area contributed by atoms with Gasteiger partial charge in [0.05, 0.1) is 25.5 Å². The number of carbonyl (C=O) groups excluding carboxylic acids is 1. The van der Waals surface area contributed by atoms with E-state index in [1.54, 1.807) is 32.7 Å². The molecule has 0 fully saturated rings. The van der Waals surface area contributed by atoms with Crippen molar-refractivity contribution in [2.75, 3.05) is 19.5 Å². The van der Waals surface area contributed by atoms with Crippen LogP contribution in [0.3, 0.4) is 0 Å². The van der Waals surface area contributed by atoms with E-state index in [4.69, 9.17) is 9.47 Å². The van der Waals surface area contributed by atoms with Crippen molar-refractivity contribution in [2.45, 2.75) is 20.0 Å². The van der Waals surface area contributed by atoms with Gasteiger partial charge in [0.2, 0.25) is 0 Å².